The molecule has 88 valence electrons. The lowest BCUT2D eigenvalue weighted by atomic mass is 10.1. The van der Waals surface area contributed by atoms with Crippen molar-refractivity contribution in [2.45, 2.75) is 32.0 Å². The molecule has 1 aliphatic heterocycles. The van der Waals surface area contributed by atoms with Gasteiger partial charge in [-0.2, -0.15) is 0 Å². The fourth-order valence-electron chi connectivity index (χ4n) is 1.95. The van der Waals surface area contributed by atoms with Crippen LogP contribution in [0.15, 0.2) is 18.3 Å². The van der Waals surface area contributed by atoms with Crippen LogP contribution in [-0.2, 0) is 4.74 Å². The maximum atomic E-state index is 12.7. The largest absolute Gasteiger partial charge is 0.366 e. The average molecular weight is 224 g/mol. The van der Waals surface area contributed by atoms with Gasteiger partial charge in [0.05, 0.1) is 18.0 Å². The molecule has 1 aromatic rings. The second-order valence-electron chi connectivity index (χ2n) is 4.09. The number of morpholine rings is 1. The number of ether oxygens (including phenoxy) is 1. The molecule has 0 aromatic carbocycles. The van der Waals surface area contributed by atoms with Gasteiger partial charge in [0, 0.05) is 13.1 Å². The number of hydrogen-bond acceptors (Lipinski definition) is 3. The Hall–Kier alpha value is -1.00. The molecular formula is C12H17FN2O. The van der Waals surface area contributed by atoms with Gasteiger partial charge < -0.3 is 10.1 Å². The maximum Gasteiger partial charge on any atom is 0.141 e. The van der Waals surface area contributed by atoms with Crippen molar-refractivity contribution in [2.24, 2.45) is 0 Å². The molecule has 1 saturated heterocycles. The normalized spacial score (nSPS) is 25.6. The van der Waals surface area contributed by atoms with Crippen molar-refractivity contribution < 1.29 is 9.13 Å². The number of aromatic nitrogens is 1. The summed E-state index contributed by atoms with van der Waals surface area (Å²) < 4.78 is 18.6. The molecule has 4 heteroatoms. The summed E-state index contributed by atoms with van der Waals surface area (Å²) in [6, 6.07) is 3.12. The second-order valence-corrected chi connectivity index (χ2v) is 4.09. The molecule has 0 aliphatic carbocycles. The van der Waals surface area contributed by atoms with Crippen LogP contribution in [0.2, 0.25) is 0 Å². The van der Waals surface area contributed by atoms with Gasteiger partial charge in [-0.1, -0.05) is 13.3 Å². The number of rotatable bonds is 3. The van der Waals surface area contributed by atoms with Gasteiger partial charge in [0.1, 0.15) is 11.9 Å². The number of hydrogen-bond donors (Lipinski definition) is 1. The zero-order valence-corrected chi connectivity index (χ0v) is 9.45. The van der Waals surface area contributed by atoms with Crippen LogP contribution in [0, 0.1) is 5.82 Å². The third-order valence-corrected chi connectivity index (χ3v) is 2.75. The van der Waals surface area contributed by atoms with Crippen molar-refractivity contribution in [3.63, 3.8) is 0 Å². The highest BCUT2D eigenvalue weighted by atomic mass is 19.1. The molecule has 0 spiro atoms. The van der Waals surface area contributed by atoms with Crippen LogP contribution in [0.3, 0.4) is 0 Å². The highest BCUT2D eigenvalue weighted by Crippen LogP contribution is 2.21. The van der Waals surface area contributed by atoms with Gasteiger partial charge in [0.25, 0.3) is 0 Å². The lowest BCUT2D eigenvalue weighted by molar-refractivity contribution is -0.0445. The lowest BCUT2D eigenvalue weighted by Crippen LogP contribution is -2.40. The smallest absolute Gasteiger partial charge is 0.141 e. The summed E-state index contributed by atoms with van der Waals surface area (Å²) >= 11 is 0. The second kappa shape index (κ2) is 5.37. The van der Waals surface area contributed by atoms with Gasteiger partial charge in [-0.3, -0.25) is 4.98 Å². The van der Waals surface area contributed by atoms with E-state index >= 15 is 0 Å². The summed E-state index contributed by atoms with van der Waals surface area (Å²) in [6.07, 6.45) is 3.59. The van der Waals surface area contributed by atoms with Crippen LogP contribution in [0.4, 0.5) is 4.39 Å². The van der Waals surface area contributed by atoms with E-state index in [9.17, 15) is 4.39 Å². The van der Waals surface area contributed by atoms with Crippen LogP contribution in [0.5, 0.6) is 0 Å². The quantitative estimate of drug-likeness (QED) is 0.853. The van der Waals surface area contributed by atoms with Crippen molar-refractivity contribution in [2.75, 3.05) is 13.1 Å². The summed E-state index contributed by atoms with van der Waals surface area (Å²) in [4.78, 5) is 4.06. The molecule has 3 nitrogen and oxygen atoms in total. The first-order chi connectivity index (χ1) is 7.79. The van der Waals surface area contributed by atoms with Gasteiger partial charge in [-0.05, 0) is 18.6 Å². The zero-order chi connectivity index (χ0) is 11.4. The molecule has 2 atom stereocenters. The van der Waals surface area contributed by atoms with Gasteiger partial charge in [0.2, 0.25) is 0 Å². The highest BCUT2D eigenvalue weighted by molar-refractivity contribution is 5.09. The Morgan fingerprint density at radius 2 is 2.38 bits per heavy atom. The van der Waals surface area contributed by atoms with Crippen molar-refractivity contribution in [1.29, 1.82) is 0 Å². The number of nitrogens with one attached hydrogen (secondary N) is 1. The molecule has 0 amide bonds. The Labute approximate surface area is 95.0 Å². The molecule has 2 rings (SSSR count). The number of halogens is 1. The summed E-state index contributed by atoms with van der Waals surface area (Å²) in [6.45, 7) is 3.79. The van der Waals surface area contributed by atoms with E-state index in [-0.39, 0.29) is 18.0 Å². The molecule has 2 unspecified atom stereocenters. The zero-order valence-electron chi connectivity index (χ0n) is 9.45. The van der Waals surface area contributed by atoms with E-state index in [1.807, 2.05) is 0 Å². The topological polar surface area (TPSA) is 34.2 Å². The van der Waals surface area contributed by atoms with E-state index in [1.165, 1.54) is 12.3 Å². The molecule has 1 aromatic heterocycles. The fraction of sp³-hybridized carbons (Fsp3) is 0.583. The summed E-state index contributed by atoms with van der Waals surface area (Å²) in [5, 5.41) is 3.32. The monoisotopic (exact) mass is 224 g/mol. The fourth-order valence-corrected chi connectivity index (χ4v) is 1.95. The summed E-state index contributed by atoms with van der Waals surface area (Å²) in [5.41, 5.74) is 0.801. The van der Waals surface area contributed by atoms with E-state index in [0.29, 0.717) is 0 Å². The third kappa shape index (κ3) is 2.77. The minimum absolute atomic E-state index is 0.0501. The summed E-state index contributed by atoms with van der Waals surface area (Å²) in [5.74, 6) is -0.308. The Kier molecular flexibility index (Phi) is 3.85. The minimum Gasteiger partial charge on any atom is -0.366 e. The van der Waals surface area contributed by atoms with Gasteiger partial charge >= 0.3 is 0 Å². The molecule has 2 heterocycles. The molecule has 0 bridgehead atoms. The highest BCUT2D eigenvalue weighted by Gasteiger charge is 2.23. The van der Waals surface area contributed by atoms with Crippen LogP contribution < -0.4 is 5.32 Å². The van der Waals surface area contributed by atoms with Crippen molar-refractivity contribution in [3.05, 3.63) is 29.8 Å². The Bertz CT molecular complexity index is 326. The molecule has 1 N–H and O–H groups in total. The molecule has 1 aliphatic rings. The van der Waals surface area contributed by atoms with E-state index in [1.54, 1.807) is 6.07 Å². The van der Waals surface area contributed by atoms with E-state index in [0.717, 1.165) is 31.6 Å². The summed E-state index contributed by atoms with van der Waals surface area (Å²) in [7, 11) is 0. The first kappa shape index (κ1) is 11.5. The third-order valence-electron chi connectivity index (χ3n) is 2.75. The number of pyridine rings is 1. The van der Waals surface area contributed by atoms with E-state index in [4.69, 9.17) is 4.74 Å². The van der Waals surface area contributed by atoms with Crippen LogP contribution in [0.25, 0.3) is 0 Å². The maximum absolute atomic E-state index is 12.7. The average Bonchev–Trinajstić information content (AvgIpc) is 2.31. The van der Waals surface area contributed by atoms with E-state index in [2.05, 4.69) is 17.2 Å². The first-order valence-corrected chi connectivity index (χ1v) is 5.77. The van der Waals surface area contributed by atoms with Crippen molar-refractivity contribution >= 4 is 0 Å². The van der Waals surface area contributed by atoms with Gasteiger partial charge in [-0.25, -0.2) is 4.39 Å². The Morgan fingerprint density at radius 1 is 1.50 bits per heavy atom. The molecule has 0 radical (unpaired) electrons. The van der Waals surface area contributed by atoms with Gasteiger partial charge in [0.15, 0.2) is 0 Å². The van der Waals surface area contributed by atoms with Crippen LogP contribution >= 0.6 is 0 Å². The molecular weight excluding hydrogens is 207 g/mol. The van der Waals surface area contributed by atoms with Crippen LogP contribution in [-0.4, -0.2) is 24.2 Å². The first-order valence-electron chi connectivity index (χ1n) is 5.77. The predicted octanol–water partition coefficient (Wildman–Crippen LogP) is 2.05. The van der Waals surface area contributed by atoms with Crippen molar-refractivity contribution in [1.82, 2.24) is 10.3 Å². The van der Waals surface area contributed by atoms with Gasteiger partial charge in [-0.15, -0.1) is 0 Å². The van der Waals surface area contributed by atoms with E-state index < -0.39 is 0 Å². The SMILES string of the molecule is CCCC1CNCC(c2ccc(F)cn2)O1. The lowest BCUT2D eigenvalue weighted by Gasteiger charge is -2.30. The van der Waals surface area contributed by atoms with Crippen LogP contribution in [0.1, 0.15) is 31.6 Å². The Balaban J connectivity index is 2.01. The Morgan fingerprint density at radius 3 is 3.06 bits per heavy atom. The minimum atomic E-state index is -0.308. The molecule has 0 saturated carbocycles. The number of nitrogens with zero attached hydrogens (tertiary/aromatic N) is 1. The predicted molar refractivity (Wildman–Crippen MR) is 59.6 cm³/mol. The molecule has 1 fully saturated rings. The standard InChI is InChI=1S/C12H17FN2O/c1-2-3-10-7-14-8-12(16-10)11-5-4-9(13)6-15-11/h4-6,10,12,14H,2-3,7-8H2,1H3. The molecule has 16 heavy (non-hydrogen) atoms. The van der Waals surface area contributed by atoms with Crippen molar-refractivity contribution in [3.8, 4) is 0 Å².